The summed E-state index contributed by atoms with van der Waals surface area (Å²) in [6, 6.07) is 0. The molecule has 84 valence electrons. The molecule has 0 unspecified atom stereocenters. The van der Waals surface area contributed by atoms with Crippen molar-refractivity contribution >= 4 is 33.2 Å². The van der Waals surface area contributed by atoms with Crippen molar-refractivity contribution in [2.75, 3.05) is 20.6 Å². The normalized spacial score (nSPS) is 10.7. The number of hydrogen-bond donors (Lipinski definition) is 1. The first kappa shape index (κ1) is 12.6. The van der Waals surface area contributed by atoms with Gasteiger partial charge < -0.3 is 10.2 Å². The summed E-state index contributed by atoms with van der Waals surface area (Å²) in [6.07, 6.45) is 0. The highest BCUT2D eigenvalue weighted by molar-refractivity contribution is 9.11. The van der Waals surface area contributed by atoms with E-state index in [1.807, 2.05) is 25.9 Å². The lowest BCUT2D eigenvalue weighted by molar-refractivity contribution is -0.121. The van der Waals surface area contributed by atoms with E-state index in [-0.39, 0.29) is 5.91 Å². The van der Waals surface area contributed by atoms with Gasteiger partial charge in [0.05, 0.1) is 22.6 Å². The molecule has 6 heteroatoms. The molecule has 1 rings (SSSR count). The topological polar surface area (TPSA) is 45.2 Å². The minimum Gasteiger partial charge on any atom is -0.348 e. The number of hydrogen-bond acceptors (Lipinski definition) is 4. The molecule has 15 heavy (non-hydrogen) atoms. The zero-order valence-corrected chi connectivity index (χ0v) is 11.4. The molecule has 0 aliphatic rings. The summed E-state index contributed by atoms with van der Waals surface area (Å²) < 4.78 is 1.03. The Hall–Kier alpha value is -0.460. The van der Waals surface area contributed by atoms with Crippen molar-refractivity contribution in [1.29, 1.82) is 0 Å². The van der Waals surface area contributed by atoms with Gasteiger partial charge in [-0.2, -0.15) is 0 Å². The largest absolute Gasteiger partial charge is 0.348 e. The molecule has 0 atom stereocenters. The van der Waals surface area contributed by atoms with E-state index in [4.69, 9.17) is 0 Å². The van der Waals surface area contributed by atoms with E-state index < -0.39 is 0 Å². The molecule has 0 saturated heterocycles. The van der Waals surface area contributed by atoms with Crippen LogP contribution < -0.4 is 5.32 Å². The predicted molar refractivity (Wildman–Crippen MR) is 65.0 cm³/mol. The number of thiazole rings is 1. The van der Waals surface area contributed by atoms with Gasteiger partial charge in [0, 0.05) is 0 Å². The van der Waals surface area contributed by atoms with E-state index in [0.29, 0.717) is 13.1 Å². The highest BCUT2D eigenvalue weighted by Gasteiger charge is 2.07. The molecule has 0 fully saturated rings. The van der Waals surface area contributed by atoms with Gasteiger partial charge in [-0.05, 0) is 36.9 Å². The summed E-state index contributed by atoms with van der Waals surface area (Å²) in [5, 5.41) is 3.74. The highest BCUT2D eigenvalue weighted by atomic mass is 79.9. The second-order valence-electron chi connectivity index (χ2n) is 3.48. The Morgan fingerprint density at radius 3 is 2.73 bits per heavy atom. The van der Waals surface area contributed by atoms with Crippen molar-refractivity contribution in [3.63, 3.8) is 0 Å². The van der Waals surface area contributed by atoms with Gasteiger partial charge >= 0.3 is 0 Å². The number of carbonyl (C=O) groups is 1. The standard InChI is InChI=1S/C9H14BrN3OS/c1-6-9(10)15-8(12-6)4-11-7(14)5-13(2)3/h4-5H2,1-3H3,(H,11,14). The van der Waals surface area contributed by atoms with Crippen LogP contribution in [0.2, 0.25) is 0 Å². The van der Waals surface area contributed by atoms with E-state index >= 15 is 0 Å². The highest BCUT2D eigenvalue weighted by Crippen LogP contribution is 2.23. The van der Waals surface area contributed by atoms with Crippen molar-refractivity contribution in [2.24, 2.45) is 0 Å². The van der Waals surface area contributed by atoms with E-state index in [1.54, 1.807) is 11.3 Å². The Kier molecular flexibility index (Phi) is 4.69. The van der Waals surface area contributed by atoms with Crippen LogP contribution in [-0.4, -0.2) is 36.4 Å². The molecule has 1 amide bonds. The number of aromatic nitrogens is 1. The van der Waals surface area contributed by atoms with Crippen LogP contribution in [0.4, 0.5) is 0 Å². The Labute approximate surface area is 102 Å². The maximum atomic E-state index is 11.3. The van der Waals surface area contributed by atoms with Crippen LogP contribution in [0.25, 0.3) is 0 Å². The zero-order valence-electron chi connectivity index (χ0n) is 9.00. The number of aryl methyl sites for hydroxylation is 1. The van der Waals surface area contributed by atoms with Crippen molar-refractivity contribution in [2.45, 2.75) is 13.5 Å². The number of rotatable bonds is 4. The van der Waals surface area contributed by atoms with Crippen molar-refractivity contribution in [3.8, 4) is 0 Å². The van der Waals surface area contributed by atoms with Gasteiger partial charge in [-0.1, -0.05) is 0 Å². The van der Waals surface area contributed by atoms with Crippen LogP contribution in [0.3, 0.4) is 0 Å². The lowest BCUT2D eigenvalue weighted by atomic mass is 10.5. The SMILES string of the molecule is Cc1nc(CNC(=O)CN(C)C)sc1Br. The summed E-state index contributed by atoms with van der Waals surface area (Å²) in [5.41, 5.74) is 0.969. The Morgan fingerprint density at radius 2 is 2.27 bits per heavy atom. The van der Waals surface area contributed by atoms with Crippen LogP contribution in [-0.2, 0) is 11.3 Å². The minimum atomic E-state index is 0.0176. The molecule has 0 radical (unpaired) electrons. The second-order valence-corrected chi connectivity index (χ2v) is 5.88. The van der Waals surface area contributed by atoms with Gasteiger partial charge in [-0.25, -0.2) is 4.98 Å². The van der Waals surface area contributed by atoms with E-state index in [1.165, 1.54) is 0 Å². The Balaban J connectivity index is 2.40. The molecular formula is C9H14BrN3OS. The summed E-state index contributed by atoms with van der Waals surface area (Å²) in [5.74, 6) is 0.0176. The zero-order chi connectivity index (χ0) is 11.4. The predicted octanol–water partition coefficient (Wildman–Crippen LogP) is 1.39. The van der Waals surface area contributed by atoms with Crippen molar-refractivity contribution in [1.82, 2.24) is 15.2 Å². The molecule has 0 saturated carbocycles. The third-order valence-corrected chi connectivity index (χ3v) is 3.69. The van der Waals surface area contributed by atoms with Gasteiger partial charge in [0.25, 0.3) is 0 Å². The van der Waals surface area contributed by atoms with Gasteiger partial charge in [0.15, 0.2) is 0 Å². The minimum absolute atomic E-state index is 0.0176. The third-order valence-electron chi connectivity index (χ3n) is 1.68. The fraction of sp³-hybridized carbons (Fsp3) is 0.556. The first-order valence-electron chi connectivity index (χ1n) is 4.52. The molecule has 1 aromatic rings. The summed E-state index contributed by atoms with van der Waals surface area (Å²) >= 11 is 4.95. The van der Waals surface area contributed by atoms with E-state index in [9.17, 15) is 4.79 Å². The van der Waals surface area contributed by atoms with Gasteiger partial charge in [0.2, 0.25) is 5.91 Å². The maximum Gasteiger partial charge on any atom is 0.234 e. The lowest BCUT2D eigenvalue weighted by Crippen LogP contribution is -2.32. The molecule has 1 N–H and O–H groups in total. The van der Waals surface area contributed by atoms with Crippen LogP contribution in [0, 0.1) is 6.92 Å². The number of amides is 1. The first-order chi connectivity index (χ1) is 6.99. The number of nitrogens with zero attached hydrogens (tertiary/aromatic N) is 2. The molecule has 0 aromatic carbocycles. The van der Waals surface area contributed by atoms with Gasteiger partial charge in [0.1, 0.15) is 5.01 Å². The van der Waals surface area contributed by atoms with Crippen LogP contribution >= 0.6 is 27.3 Å². The number of likely N-dealkylation sites (N-methyl/N-ethyl adjacent to an activating group) is 1. The molecule has 4 nitrogen and oxygen atoms in total. The molecule has 0 spiro atoms. The van der Waals surface area contributed by atoms with E-state index in [0.717, 1.165) is 14.5 Å². The van der Waals surface area contributed by atoms with Crippen molar-refractivity contribution < 1.29 is 4.79 Å². The monoisotopic (exact) mass is 291 g/mol. The summed E-state index contributed by atoms with van der Waals surface area (Å²) in [6.45, 7) is 2.85. The number of halogens is 1. The quantitative estimate of drug-likeness (QED) is 0.912. The smallest absolute Gasteiger partial charge is 0.234 e. The maximum absolute atomic E-state index is 11.3. The van der Waals surface area contributed by atoms with Gasteiger partial charge in [-0.3, -0.25) is 4.79 Å². The average molecular weight is 292 g/mol. The van der Waals surface area contributed by atoms with Crippen LogP contribution in [0.1, 0.15) is 10.7 Å². The Bertz CT molecular complexity index is 332. The summed E-state index contributed by atoms with van der Waals surface area (Å²) in [7, 11) is 3.73. The number of nitrogens with one attached hydrogen (secondary N) is 1. The van der Waals surface area contributed by atoms with Crippen molar-refractivity contribution in [3.05, 3.63) is 14.5 Å². The molecule has 1 heterocycles. The van der Waals surface area contributed by atoms with E-state index in [2.05, 4.69) is 26.2 Å². The molecule has 0 aliphatic heterocycles. The molecule has 0 aliphatic carbocycles. The second kappa shape index (κ2) is 5.58. The fourth-order valence-corrected chi connectivity index (χ4v) is 2.40. The fourth-order valence-electron chi connectivity index (χ4n) is 1.02. The number of carbonyl (C=O) groups excluding carboxylic acids is 1. The molecular weight excluding hydrogens is 278 g/mol. The van der Waals surface area contributed by atoms with Crippen LogP contribution in [0.5, 0.6) is 0 Å². The first-order valence-corrected chi connectivity index (χ1v) is 6.13. The third kappa shape index (κ3) is 4.27. The van der Waals surface area contributed by atoms with Crippen LogP contribution in [0.15, 0.2) is 3.79 Å². The molecule has 1 aromatic heterocycles. The average Bonchev–Trinajstić information content (AvgIpc) is 2.42. The lowest BCUT2D eigenvalue weighted by Gasteiger charge is -2.08. The Morgan fingerprint density at radius 1 is 1.60 bits per heavy atom. The summed E-state index contributed by atoms with van der Waals surface area (Å²) in [4.78, 5) is 17.5. The van der Waals surface area contributed by atoms with Gasteiger partial charge in [-0.15, -0.1) is 11.3 Å². The molecule has 0 bridgehead atoms.